The van der Waals surface area contributed by atoms with Crippen LogP contribution in [0.3, 0.4) is 0 Å². The average molecular weight is 406 g/mol. The Morgan fingerprint density at radius 1 is 1.17 bits per heavy atom. The van der Waals surface area contributed by atoms with E-state index < -0.39 is 0 Å². The van der Waals surface area contributed by atoms with Crippen molar-refractivity contribution in [3.8, 4) is 5.69 Å². The second kappa shape index (κ2) is 7.70. The smallest absolute Gasteiger partial charge is 0.255 e. The lowest BCUT2D eigenvalue weighted by atomic mass is 10.1. The van der Waals surface area contributed by atoms with Gasteiger partial charge in [-0.05, 0) is 51.2 Å². The molecule has 5 rings (SSSR count). The zero-order chi connectivity index (χ0) is 20.7. The Kier molecular flexibility index (Phi) is 4.89. The second-order valence-corrected chi connectivity index (χ2v) is 8.58. The molecule has 30 heavy (non-hydrogen) atoms. The first kappa shape index (κ1) is 19.0. The highest BCUT2D eigenvalue weighted by atomic mass is 16.5. The molecule has 1 unspecified atom stereocenters. The molecule has 2 aliphatic carbocycles. The summed E-state index contributed by atoms with van der Waals surface area (Å²) in [5.74, 6) is 1.85. The molecule has 7 heteroatoms. The van der Waals surface area contributed by atoms with E-state index >= 15 is 0 Å². The van der Waals surface area contributed by atoms with Gasteiger partial charge in [0, 0.05) is 11.8 Å². The molecule has 3 aromatic rings. The molecule has 1 aromatic carbocycles. The van der Waals surface area contributed by atoms with Crippen LogP contribution in [0.5, 0.6) is 0 Å². The van der Waals surface area contributed by atoms with Gasteiger partial charge < -0.3 is 9.84 Å². The molecule has 7 nitrogen and oxygen atoms in total. The number of para-hydroxylation sites is 1. The number of aryl methyl sites for hydroxylation is 1. The summed E-state index contributed by atoms with van der Waals surface area (Å²) >= 11 is 0. The molecular weight excluding hydrogens is 378 g/mol. The molecule has 0 spiro atoms. The van der Waals surface area contributed by atoms with E-state index in [9.17, 15) is 4.79 Å². The summed E-state index contributed by atoms with van der Waals surface area (Å²) in [4.78, 5) is 17.7. The van der Waals surface area contributed by atoms with Gasteiger partial charge in [0.1, 0.15) is 6.04 Å². The summed E-state index contributed by atoms with van der Waals surface area (Å²) in [5.41, 5.74) is 3.77. The van der Waals surface area contributed by atoms with Crippen molar-refractivity contribution >= 4 is 5.91 Å². The quantitative estimate of drug-likeness (QED) is 0.648. The van der Waals surface area contributed by atoms with Crippen molar-refractivity contribution in [2.24, 2.45) is 0 Å². The van der Waals surface area contributed by atoms with E-state index in [0.717, 1.165) is 48.5 Å². The Morgan fingerprint density at radius 2 is 1.93 bits per heavy atom. The Bertz CT molecular complexity index is 1060. The Hall–Kier alpha value is -2.96. The van der Waals surface area contributed by atoms with Gasteiger partial charge in [-0.3, -0.25) is 4.79 Å². The molecular formula is C23H27N5O2. The molecule has 2 heterocycles. The second-order valence-electron chi connectivity index (χ2n) is 8.58. The lowest BCUT2D eigenvalue weighted by Gasteiger charge is -2.13. The van der Waals surface area contributed by atoms with E-state index in [1.165, 1.54) is 12.8 Å². The summed E-state index contributed by atoms with van der Waals surface area (Å²) in [6.07, 6.45) is 8.51. The van der Waals surface area contributed by atoms with Crippen molar-refractivity contribution in [1.29, 1.82) is 0 Å². The summed E-state index contributed by atoms with van der Waals surface area (Å²) in [7, 11) is 0. The van der Waals surface area contributed by atoms with Gasteiger partial charge in [0.15, 0.2) is 5.82 Å². The number of carbonyl (C=O) groups is 1. The van der Waals surface area contributed by atoms with Crippen molar-refractivity contribution in [2.75, 3.05) is 0 Å². The Balaban J connectivity index is 1.37. The van der Waals surface area contributed by atoms with Gasteiger partial charge >= 0.3 is 0 Å². The molecule has 2 saturated carbocycles. The topological polar surface area (TPSA) is 85.8 Å². The Labute approximate surface area is 175 Å². The zero-order valence-electron chi connectivity index (χ0n) is 17.5. The van der Waals surface area contributed by atoms with Crippen molar-refractivity contribution in [3.63, 3.8) is 0 Å². The van der Waals surface area contributed by atoms with Gasteiger partial charge in [-0.1, -0.05) is 36.2 Å². The van der Waals surface area contributed by atoms with E-state index in [2.05, 4.69) is 33.5 Å². The van der Waals surface area contributed by atoms with Gasteiger partial charge in [0.25, 0.3) is 5.91 Å². The molecule has 1 amide bonds. The molecule has 156 valence electrons. The molecule has 1 N–H and O–H groups in total. The number of aromatic nitrogens is 4. The van der Waals surface area contributed by atoms with Crippen LogP contribution in [0.15, 0.2) is 35.0 Å². The standard InChI is InChI=1S/C23H27N5O2/c1-14-7-3-6-10-19(14)28-20(16-11-12-16)18(13-24-28)22(29)25-15(2)23-26-21(27-30-23)17-8-4-5-9-17/h3,6-7,10,13,15-17H,4-5,8-9,11-12H2,1-2H3,(H,25,29). The summed E-state index contributed by atoms with van der Waals surface area (Å²) in [5, 5.41) is 11.8. The number of hydrogen-bond acceptors (Lipinski definition) is 5. The van der Waals surface area contributed by atoms with Crippen molar-refractivity contribution in [1.82, 2.24) is 25.2 Å². The predicted molar refractivity (Wildman–Crippen MR) is 112 cm³/mol. The normalized spacial score (nSPS) is 17.9. The van der Waals surface area contributed by atoms with Crippen molar-refractivity contribution in [2.45, 2.75) is 70.3 Å². The number of amides is 1. The van der Waals surface area contributed by atoms with Gasteiger partial charge in [0.05, 0.1) is 23.1 Å². The monoisotopic (exact) mass is 405 g/mol. The average Bonchev–Trinajstić information content (AvgIpc) is 3.18. The third kappa shape index (κ3) is 3.53. The molecule has 0 saturated heterocycles. The largest absolute Gasteiger partial charge is 0.340 e. The SMILES string of the molecule is Cc1ccccc1-n1ncc(C(=O)NC(C)c2nc(C3CCCC3)no2)c1C1CC1. The first-order valence-electron chi connectivity index (χ1n) is 10.9. The molecule has 0 bridgehead atoms. The van der Waals surface area contributed by atoms with Gasteiger partial charge in [-0.15, -0.1) is 0 Å². The molecule has 2 fully saturated rings. The maximum absolute atomic E-state index is 13.1. The van der Waals surface area contributed by atoms with Crippen LogP contribution in [-0.2, 0) is 0 Å². The van der Waals surface area contributed by atoms with Crippen LogP contribution in [0.25, 0.3) is 5.69 Å². The zero-order valence-corrected chi connectivity index (χ0v) is 17.5. The van der Waals surface area contributed by atoms with Gasteiger partial charge in [0.2, 0.25) is 5.89 Å². The molecule has 0 radical (unpaired) electrons. The maximum atomic E-state index is 13.1. The van der Waals surface area contributed by atoms with Crippen molar-refractivity contribution < 1.29 is 9.32 Å². The highest BCUT2D eigenvalue weighted by Gasteiger charge is 2.34. The lowest BCUT2D eigenvalue weighted by Crippen LogP contribution is -2.27. The summed E-state index contributed by atoms with van der Waals surface area (Å²) in [6.45, 7) is 3.94. The van der Waals surface area contributed by atoms with E-state index in [0.29, 0.717) is 23.3 Å². The predicted octanol–water partition coefficient (Wildman–Crippen LogP) is 4.59. The van der Waals surface area contributed by atoms with E-state index in [4.69, 9.17) is 4.52 Å². The Morgan fingerprint density at radius 3 is 2.67 bits per heavy atom. The van der Waals surface area contributed by atoms with Gasteiger partial charge in [-0.2, -0.15) is 10.1 Å². The van der Waals surface area contributed by atoms with Crippen molar-refractivity contribution in [3.05, 3.63) is 59.0 Å². The minimum atomic E-state index is -0.353. The van der Waals surface area contributed by atoms with E-state index in [-0.39, 0.29) is 11.9 Å². The first-order valence-corrected chi connectivity index (χ1v) is 10.9. The number of hydrogen-bond donors (Lipinski definition) is 1. The molecule has 1 atom stereocenters. The lowest BCUT2D eigenvalue weighted by molar-refractivity contribution is 0.0931. The van der Waals surface area contributed by atoms with Crippen LogP contribution in [0.1, 0.15) is 96.7 Å². The number of rotatable bonds is 6. The highest BCUT2D eigenvalue weighted by molar-refractivity contribution is 5.95. The third-order valence-corrected chi connectivity index (χ3v) is 6.25. The van der Waals surface area contributed by atoms with Crippen LogP contribution >= 0.6 is 0 Å². The first-order chi connectivity index (χ1) is 14.6. The van der Waals surface area contributed by atoms with E-state index in [1.807, 2.05) is 29.8 Å². The third-order valence-electron chi connectivity index (χ3n) is 6.25. The fourth-order valence-corrected chi connectivity index (χ4v) is 4.38. The molecule has 2 aliphatic rings. The number of nitrogens with one attached hydrogen (secondary N) is 1. The maximum Gasteiger partial charge on any atom is 0.255 e. The summed E-state index contributed by atoms with van der Waals surface area (Å²) < 4.78 is 7.39. The minimum Gasteiger partial charge on any atom is -0.340 e. The van der Waals surface area contributed by atoms with Crippen LogP contribution in [-0.4, -0.2) is 25.8 Å². The van der Waals surface area contributed by atoms with Gasteiger partial charge in [-0.25, -0.2) is 4.68 Å². The number of benzene rings is 1. The van der Waals surface area contributed by atoms with Crippen LogP contribution in [0.4, 0.5) is 0 Å². The number of carbonyl (C=O) groups excluding carboxylic acids is 1. The fourth-order valence-electron chi connectivity index (χ4n) is 4.38. The van der Waals surface area contributed by atoms with Crippen LogP contribution < -0.4 is 5.32 Å². The minimum absolute atomic E-state index is 0.148. The summed E-state index contributed by atoms with van der Waals surface area (Å²) in [6, 6.07) is 7.77. The van der Waals surface area contributed by atoms with Crippen LogP contribution in [0, 0.1) is 6.92 Å². The molecule has 2 aromatic heterocycles. The number of nitrogens with zero attached hydrogens (tertiary/aromatic N) is 4. The highest BCUT2D eigenvalue weighted by Crippen LogP contribution is 2.42. The van der Waals surface area contributed by atoms with Crippen LogP contribution in [0.2, 0.25) is 0 Å². The van der Waals surface area contributed by atoms with E-state index in [1.54, 1.807) is 6.20 Å². The molecule has 0 aliphatic heterocycles. The fraction of sp³-hybridized carbons (Fsp3) is 0.478.